The van der Waals surface area contributed by atoms with Crippen molar-refractivity contribution in [3.05, 3.63) is 106 Å². The highest BCUT2D eigenvalue weighted by atomic mass is 16.1. The van der Waals surface area contributed by atoms with Crippen LogP contribution in [0.3, 0.4) is 0 Å². The number of nitrogens with zero attached hydrogens (tertiary/aromatic N) is 9. The average Bonchev–Trinajstić information content (AvgIpc) is 3.62. The van der Waals surface area contributed by atoms with Crippen LogP contribution in [0.5, 0.6) is 0 Å². The Balaban J connectivity index is 1.32. The van der Waals surface area contributed by atoms with Crippen molar-refractivity contribution in [2.45, 2.75) is 5.92 Å². The van der Waals surface area contributed by atoms with E-state index in [4.69, 9.17) is 15.0 Å². The molecule has 0 saturated heterocycles. The maximum Gasteiger partial charge on any atom is 0.242 e. The zero-order valence-electron chi connectivity index (χ0n) is 30.6. The van der Waals surface area contributed by atoms with Crippen molar-refractivity contribution >= 4 is 67.8 Å². The van der Waals surface area contributed by atoms with E-state index in [1.165, 1.54) is 11.1 Å². The second-order valence-electron chi connectivity index (χ2n) is 14.5. The van der Waals surface area contributed by atoms with Crippen molar-refractivity contribution in [3.63, 3.8) is 0 Å². The van der Waals surface area contributed by atoms with Gasteiger partial charge >= 0.3 is 0 Å². The first kappa shape index (κ1) is 31.6. The van der Waals surface area contributed by atoms with Gasteiger partial charge in [0.25, 0.3) is 0 Å². The minimum absolute atomic E-state index is 0.150. The van der Waals surface area contributed by atoms with E-state index < -0.39 is 0 Å². The topological polar surface area (TPSA) is 89.5 Å². The maximum absolute atomic E-state index is 13.3. The summed E-state index contributed by atoms with van der Waals surface area (Å²) in [6.45, 7) is 0. The summed E-state index contributed by atoms with van der Waals surface area (Å²) >= 11 is 0. The molecule has 52 heavy (non-hydrogen) atoms. The predicted octanol–water partition coefficient (Wildman–Crippen LogP) is 6.72. The molecule has 0 bridgehead atoms. The highest BCUT2D eigenvalue weighted by Gasteiger charge is 2.35. The summed E-state index contributed by atoms with van der Waals surface area (Å²) in [5.41, 5.74) is 11.2. The molecule has 0 saturated carbocycles. The van der Waals surface area contributed by atoms with E-state index in [1.807, 2.05) is 32.6 Å². The number of pyridine rings is 1. The number of amidine groups is 1. The molecule has 0 fully saturated rings. The highest BCUT2D eigenvalue weighted by molar-refractivity contribution is 6.11. The summed E-state index contributed by atoms with van der Waals surface area (Å²) in [6, 6.07) is 29.3. The summed E-state index contributed by atoms with van der Waals surface area (Å²) in [4.78, 5) is 37.3. The number of benzene rings is 4. The minimum Gasteiger partial charge on any atom is -0.378 e. The van der Waals surface area contributed by atoms with Gasteiger partial charge in [0, 0.05) is 102 Å². The SMILES string of the molecule is CN(C)c1ccc2c(c1)C(C1=Nc3nc(-n4c5cc(N(C)C)ccc5c5ccc(N(C)C)cc54)nc4cc(=O)cc(n34)N1)c1cc(N(C)C)ccc1-2. The Kier molecular flexibility index (Phi) is 6.88. The van der Waals surface area contributed by atoms with Crippen LogP contribution in [0, 0.1) is 0 Å². The van der Waals surface area contributed by atoms with E-state index in [1.54, 1.807) is 12.1 Å². The fourth-order valence-electron chi connectivity index (χ4n) is 7.64. The molecule has 7 aromatic rings. The van der Waals surface area contributed by atoms with Gasteiger partial charge in [-0.3, -0.25) is 9.36 Å². The van der Waals surface area contributed by atoms with Crippen LogP contribution >= 0.6 is 0 Å². The first-order valence-corrected chi connectivity index (χ1v) is 17.3. The molecule has 0 atom stereocenters. The van der Waals surface area contributed by atoms with Gasteiger partial charge in [0.2, 0.25) is 11.9 Å². The molecule has 3 aromatic heterocycles. The Hall–Kier alpha value is -6.36. The molecule has 1 N–H and O–H groups in total. The lowest BCUT2D eigenvalue weighted by atomic mass is 9.94. The molecular weight excluding hydrogens is 649 g/mol. The van der Waals surface area contributed by atoms with E-state index in [-0.39, 0.29) is 11.3 Å². The fourth-order valence-corrected chi connectivity index (χ4v) is 7.64. The lowest BCUT2D eigenvalue weighted by Crippen LogP contribution is -2.27. The number of rotatable bonds is 6. The number of aromatic nitrogens is 4. The third kappa shape index (κ3) is 4.72. The van der Waals surface area contributed by atoms with Gasteiger partial charge in [0.1, 0.15) is 17.3 Å². The third-order valence-electron chi connectivity index (χ3n) is 10.4. The van der Waals surface area contributed by atoms with Gasteiger partial charge in [-0.25, -0.2) is 4.40 Å². The monoisotopic (exact) mass is 688 g/mol. The average molecular weight is 689 g/mol. The molecule has 1 aliphatic carbocycles. The van der Waals surface area contributed by atoms with Gasteiger partial charge in [-0.15, -0.1) is 0 Å². The van der Waals surface area contributed by atoms with Gasteiger partial charge in [-0.1, -0.05) is 24.3 Å². The molecule has 11 heteroatoms. The Labute approximate surface area is 301 Å². The highest BCUT2D eigenvalue weighted by Crippen LogP contribution is 2.49. The molecular formula is C41H40N10O. The molecule has 1 aliphatic heterocycles. The van der Waals surface area contributed by atoms with Gasteiger partial charge in [-0.2, -0.15) is 15.0 Å². The smallest absolute Gasteiger partial charge is 0.242 e. The number of nitrogens with one attached hydrogen (secondary N) is 1. The van der Waals surface area contributed by atoms with Crippen molar-refractivity contribution < 1.29 is 0 Å². The molecule has 2 aliphatic rings. The first-order chi connectivity index (χ1) is 25.0. The van der Waals surface area contributed by atoms with Crippen molar-refractivity contribution in [1.29, 1.82) is 0 Å². The summed E-state index contributed by atoms with van der Waals surface area (Å²) in [6.07, 6.45) is 0. The lowest BCUT2D eigenvalue weighted by molar-refractivity contribution is 0.914. The number of hydrogen-bond donors (Lipinski definition) is 1. The second kappa shape index (κ2) is 11.3. The first-order valence-electron chi connectivity index (χ1n) is 17.3. The molecule has 0 amide bonds. The Bertz CT molecular complexity index is 2600. The quantitative estimate of drug-likeness (QED) is 0.206. The summed E-state index contributed by atoms with van der Waals surface area (Å²) in [5.74, 6) is 1.97. The molecule has 4 aromatic carbocycles. The summed E-state index contributed by atoms with van der Waals surface area (Å²) < 4.78 is 3.93. The van der Waals surface area contributed by atoms with Crippen LogP contribution in [0.4, 0.5) is 34.5 Å². The normalized spacial score (nSPS) is 13.3. The van der Waals surface area contributed by atoms with E-state index in [0.29, 0.717) is 29.2 Å². The van der Waals surface area contributed by atoms with E-state index in [2.05, 4.69) is 130 Å². The zero-order chi connectivity index (χ0) is 36.2. The van der Waals surface area contributed by atoms with Crippen LogP contribution in [-0.4, -0.2) is 81.2 Å². The Morgan fingerprint density at radius 3 is 1.62 bits per heavy atom. The minimum atomic E-state index is -0.221. The van der Waals surface area contributed by atoms with Crippen molar-refractivity contribution in [3.8, 4) is 17.1 Å². The molecule has 0 radical (unpaired) electrons. The molecule has 11 nitrogen and oxygen atoms in total. The molecule has 260 valence electrons. The predicted molar refractivity (Wildman–Crippen MR) is 215 cm³/mol. The van der Waals surface area contributed by atoms with Crippen LogP contribution in [0.15, 0.2) is 94.7 Å². The van der Waals surface area contributed by atoms with Crippen LogP contribution in [0.25, 0.3) is 44.5 Å². The summed E-state index contributed by atoms with van der Waals surface area (Å²) in [7, 11) is 16.4. The van der Waals surface area contributed by atoms with Gasteiger partial charge in [0.05, 0.1) is 17.0 Å². The zero-order valence-corrected chi connectivity index (χ0v) is 30.6. The van der Waals surface area contributed by atoms with Gasteiger partial charge in [0.15, 0.2) is 5.43 Å². The number of aliphatic imine (C=N–C) groups is 1. The fraction of sp³-hybridized carbons (Fsp3) is 0.220. The molecule has 0 spiro atoms. The van der Waals surface area contributed by atoms with E-state index >= 15 is 0 Å². The standard InChI is InChI=1S/C41H40N10O/c1-46(2)23-9-13-28-29-14-10-24(47(3)4)18-33(29)38(32(28)17-23)39-42-36-21-27(52)22-37-43-40(45-41(44-39)51(36)37)50-34-19-25(48(5)6)11-15-30(34)31-16-12-26(49(7)8)20-35(31)50/h9-22,38H,1-8H3,(H,42,43,44,45). The van der Waals surface area contributed by atoms with E-state index in [9.17, 15) is 4.79 Å². The summed E-state index contributed by atoms with van der Waals surface area (Å²) in [5, 5.41) is 5.75. The number of hydrogen-bond acceptors (Lipinski definition) is 9. The molecule has 4 heterocycles. The van der Waals surface area contributed by atoms with Crippen molar-refractivity contribution in [1.82, 2.24) is 18.9 Å². The van der Waals surface area contributed by atoms with Gasteiger partial charge < -0.3 is 24.9 Å². The number of anilines is 5. The lowest BCUT2D eigenvalue weighted by Gasteiger charge is -2.25. The van der Waals surface area contributed by atoms with Gasteiger partial charge in [-0.05, 0) is 70.8 Å². The number of fused-ring (bicyclic) bond motifs is 6. The Morgan fingerprint density at radius 2 is 1.10 bits per heavy atom. The van der Waals surface area contributed by atoms with Crippen LogP contribution < -0.4 is 30.3 Å². The Morgan fingerprint density at radius 1 is 0.596 bits per heavy atom. The molecule has 9 rings (SSSR count). The molecule has 0 unspecified atom stereocenters. The second-order valence-corrected chi connectivity index (χ2v) is 14.5. The van der Waals surface area contributed by atoms with Crippen LogP contribution in [-0.2, 0) is 0 Å². The maximum atomic E-state index is 13.3. The van der Waals surface area contributed by atoms with Crippen LogP contribution in [0.2, 0.25) is 0 Å². The van der Waals surface area contributed by atoms with E-state index in [0.717, 1.165) is 55.7 Å². The largest absolute Gasteiger partial charge is 0.378 e. The van der Waals surface area contributed by atoms with Crippen LogP contribution in [0.1, 0.15) is 17.0 Å². The van der Waals surface area contributed by atoms with Crippen molar-refractivity contribution in [2.75, 3.05) is 81.3 Å². The van der Waals surface area contributed by atoms with Crippen molar-refractivity contribution in [2.24, 2.45) is 4.99 Å². The third-order valence-corrected chi connectivity index (χ3v) is 10.4.